The number of alkyl halides is 4. The van der Waals surface area contributed by atoms with Crippen LogP contribution in [-0.4, -0.2) is 21.0 Å². The summed E-state index contributed by atoms with van der Waals surface area (Å²) in [6.45, 7) is 2.19. The monoisotopic (exact) mass is 676 g/mol. The molecular formula is C32H22F6N2O2S3. The van der Waals surface area contributed by atoms with Crippen LogP contribution in [0.15, 0.2) is 72.8 Å². The molecule has 3 aromatic carbocycles. The lowest BCUT2D eigenvalue weighted by molar-refractivity contribution is -0.180. The highest BCUT2D eigenvalue weighted by Gasteiger charge is 2.30. The van der Waals surface area contributed by atoms with Crippen LogP contribution in [0.1, 0.15) is 26.7 Å². The summed E-state index contributed by atoms with van der Waals surface area (Å²) in [5.74, 6) is -1.89. The lowest BCUT2D eigenvalue weighted by Gasteiger charge is -2.17. The summed E-state index contributed by atoms with van der Waals surface area (Å²) >= 11 is 3.67. The van der Waals surface area contributed by atoms with Gasteiger partial charge in [0, 0.05) is 60.8 Å². The van der Waals surface area contributed by atoms with Crippen LogP contribution in [-0.2, 0) is 0 Å². The Morgan fingerprint density at radius 2 is 1.04 bits per heavy atom. The van der Waals surface area contributed by atoms with Gasteiger partial charge in [0.25, 0.3) is 0 Å². The summed E-state index contributed by atoms with van der Waals surface area (Å²) in [5, 5.41) is 0. The van der Waals surface area contributed by atoms with E-state index in [4.69, 9.17) is 4.74 Å². The van der Waals surface area contributed by atoms with Crippen molar-refractivity contribution in [1.82, 2.24) is 8.75 Å². The third kappa shape index (κ3) is 6.70. The van der Waals surface area contributed by atoms with Gasteiger partial charge in [-0.2, -0.15) is 26.3 Å². The highest BCUT2D eigenvalue weighted by atomic mass is 32.1. The van der Waals surface area contributed by atoms with E-state index in [0.29, 0.717) is 27.7 Å². The van der Waals surface area contributed by atoms with Crippen molar-refractivity contribution in [2.24, 2.45) is 0 Å². The number of hydrogen-bond donors (Lipinski definition) is 0. The van der Waals surface area contributed by atoms with Crippen LogP contribution in [0.2, 0.25) is 0 Å². The maximum absolute atomic E-state index is 15.0. The minimum atomic E-state index is -3.43. The maximum Gasteiger partial charge on any atom is 0.397 e. The molecule has 0 saturated heterocycles. The van der Waals surface area contributed by atoms with E-state index in [-0.39, 0.29) is 29.0 Å². The molecule has 0 N–H and O–H groups in total. The molecule has 0 amide bonds. The Kier molecular flexibility index (Phi) is 8.35. The first-order chi connectivity index (χ1) is 21.4. The molecule has 0 unspecified atom stereocenters. The Labute approximate surface area is 265 Å². The average molecular weight is 677 g/mol. The van der Waals surface area contributed by atoms with Crippen molar-refractivity contribution in [3.8, 4) is 53.3 Å². The highest BCUT2D eigenvalue weighted by molar-refractivity contribution is 7.19. The third-order valence-corrected chi connectivity index (χ3v) is 9.51. The molecule has 4 nitrogen and oxygen atoms in total. The molecule has 0 aliphatic rings. The summed E-state index contributed by atoms with van der Waals surface area (Å²) in [6.07, 6.45) is -7.05. The molecular weight excluding hydrogens is 655 g/mol. The van der Waals surface area contributed by atoms with Crippen molar-refractivity contribution in [2.45, 2.75) is 38.9 Å². The van der Waals surface area contributed by atoms with E-state index in [9.17, 15) is 26.3 Å². The molecule has 0 aliphatic heterocycles. The molecule has 3 aromatic heterocycles. The highest BCUT2D eigenvalue weighted by Crippen LogP contribution is 2.43. The van der Waals surface area contributed by atoms with Crippen LogP contribution in [0.5, 0.6) is 11.5 Å². The molecule has 0 atom stereocenters. The van der Waals surface area contributed by atoms with Gasteiger partial charge >= 0.3 is 12.2 Å². The topological polar surface area (TPSA) is 44.2 Å². The quantitative estimate of drug-likeness (QED) is 0.136. The first kappa shape index (κ1) is 31.1. The average Bonchev–Trinajstić information content (AvgIpc) is 3.73. The summed E-state index contributed by atoms with van der Waals surface area (Å²) in [6, 6.07) is 18.3. The number of halogens is 6. The SMILES string of the molecule is CCCC(F)(F)Oc1ccc(-c2ccc(-c3ccc(-c4ccc(-c5ccc(OC(C)(F)F)cc5F)s4)c4nsnc34)s2)c(F)c1. The van der Waals surface area contributed by atoms with Crippen LogP contribution in [0, 0.1) is 11.6 Å². The van der Waals surface area contributed by atoms with Gasteiger partial charge in [-0.25, -0.2) is 8.78 Å². The molecule has 13 heteroatoms. The van der Waals surface area contributed by atoms with Gasteiger partial charge < -0.3 is 9.47 Å². The molecule has 0 saturated carbocycles. The second kappa shape index (κ2) is 12.1. The number of fused-ring (bicyclic) bond motifs is 1. The molecule has 0 spiro atoms. The van der Waals surface area contributed by atoms with E-state index >= 15 is 0 Å². The molecule has 0 fully saturated rings. The van der Waals surface area contributed by atoms with E-state index < -0.39 is 30.3 Å². The fourth-order valence-corrected chi connectivity index (χ4v) is 7.45. The fourth-order valence-electron chi connectivity index (χ4n) is 4.76. The Morgan fingerprint density at radius 1 is 0.622 bits per heavy atom. The lowest BCUT2D eigenvalue weighted by atomic mass is 10.1. The number of thiophene rings is 2. The third-order valence-electron chi connectivity index (χ3n) is 6.68. The summed E-state index contributed by atoms with van der Waals surface area (Å²) < 4.78 is 102. The second-order valence-corrected chi connectivity index (χ2v) is 12.8. The number of ether oxygens (including phenoxy) is 2. The zero-order chi connectivity index (χ0) is 31.9. The van der Waals surface area contributed by atoms with Gasteiger partial charge in [-0.3, -0.25) is 0 Å². The van der Waals surface area contributed by atoms with E-state index in [1.807, 2.05) is 24.3 Å². The first-order valence-electron chi connectivity index (χ1n) is 13.6. The second-order valence-electron chi connectivity index (χ2n) is 10.1. The predicted octanol–water partition coefficient (Wildman–Crippen LogP) is 11.5. The summed E-state index contributed by atoms with van der Waals surface area (Å²) in [5.41, 5.74) is 3.33. The van der Waals surface area contributed by atoms with Crippen molar-refractivity contribution in [3.63, 3.8) is 0 Å². The normalized spacial score (nSPS) is 12.2. The minimum absolute atomic E-state index is 0.222. The van der Waals surface area contributed by atoms with Gasteiger partial charge in [0.15, 0.2) is 0 Å². The van der Waals surface area contributed by atoms with E-state index in [1.165, 1.54) is 46.9 Å². The largest absolute Gasteiger partial charge is 0.433 e. The Bertz CT molecular complexity index is 2000. The predicted molar refractivity (Wildman–Crippen MR) is 167 cm³/mol. The Balaban J connectivity index is 1.27. The molecule has 3 heterocycles. The van der Waals surface area contributed by atoms with E-state index in [2.05, 4.69) is 13.5 Å². The zero-order valence-corrected chi connectivity index (χ0v) is 26.0. The van der Waals surface area contributed by atoms with Crippen molar-refractivity contribution in [1.29, 1.82) is 0 Å². The van der Waals surface area contributed by atoms with E-state index in [0.717, 1.165) is 44.7 Å². The van der Waals surface area contributed by atoms with Gasteiger partial charge in [-0.15, -0.1) is 22.7 Å². The van der Waals surface area contributed by atoms with Crippen molar-refractivity contribution < 1.29 is 35.8 Å². The Hall–Kier alpha value is -3.94. The lowest BCUT2D eigenvalue weighted by Crippen LogP contribution is -2.24. The molecule has 0 radical (unpaired) electrons. The summed E-state index contributed by atoms with van der Waals surface area (Å²) in [7, 11) is 0. The molecule has 0 bridgehead atoms. The number of aromatic nitrogens is 2. The van der Waals surface area contributed by atoms with Crippen molar-refractivity contribution in [3.05, 3.63) is 84.4 Å². The van der Waals surface area contributed by atoms with Gasteiger partial charge in [-0.1, -0.05) is 19.1 Å². The Morgan fingerprint density at radius 3 is 1.47 bits per heavy atom. The number of nitrogens with zero attached hydrogens (tertiary/aromatic N) is 2. The van der Waals surface area contributed by atoms with Crippen LogP contribution in [0.25, 0.3) is 52.8 Å². The molecule has 45 heavy (non-hydrogen) atoms. The smallest absolute Gasteiger partial charge is 0.397 e. The maximum atomic E-state index is 15.0. The van der Waals surface area contributed by atoms with Gasteiger partial charge in [0.1, 0.15) is 34.2 Å². The molecule has 232 valence electrons. The standard InChI is InChI=1S/C32H22F6N2O2S3/c1-3-14-32(37,38)42-18-5-7-20(24(34)16-18)26-11-13-28(44-26)22-9-8-21(29-30(22)40-45-39-29)27-12-10-25(43-27)19-6-4-17(15-23(19)33)41-31(2,35)36/h4-13,15-16H,3,14H2,1-2H3. The summed E-state index contributed by atoms with van der Waals surface area (Å²) in [4.78, 5) is 2.79. The zero-order valence-electron chi connectivity index (χ0n) is 23.5. The number of benzene rings is 3. The van der Waals surface area contributed by atoms with Gasteiger partial charge in [-0.05, 0) is 55.0 Å². The first-order valence-corrected chi connectivity index (χ1v) is 16.0. The fraction of sp³-hybridized carbons (Fsp3) is 0.188. The van der Waals surface area contributed by atoms with Crippen LogP contribution in [0.3, 0.4) is 0 Å². The van der Waals surface area contributed by atoms with Crippen LogP contribution >= 0.6 is 34.4 Å². The van der Waals surface area contributed by atoms with Crippen molar-refractivity contribution in [2.75, 3.05) is 0 Å². The van der Waals surface area contributed by atoms with Crippen LogP contribution < -0.4 is 9.47 Å². The number of rotatable bonds is 10. The van der Waals surface area contributed by atoms with E-state index in [1.54, 1.807) is 19.1 Å². The van der Waals surface area contributed by atoms with Gasteiger partial charge in [0.2, 0.25) is 0 Å². The van der Waals surface area contributed by atoms with Crippen LogP contribution in [0.4, 0.5) is 26.3 Å². The number of hydrogen-bond acceptors (Lipinski definition) is 7. The van der Waals surface area contributed by atoms with Crippen molar-refractivity contribution >= 4 is 45.4 Å². The molecule has 0 aliphatic carbocycles. The molecule has 6 rings (SSSR count). The molecule has 6 aromatic rings. The van der Waals surface area contributed by atoms with Gasteiger partial charge in [0.05, 0.1) is 18.1 Å². The minimum Gasteiger partial charge on any atom is -0.433 e.